The Labute approximate surface area is 234 Å². The molecule has 1 fully saturated rings. The van der Waals surface area contributed by atoms with Crippen LogP contribution in [0.5, 0.6) is 0 Å². The summed E-state index contributed by atoms with van der Waals surface area (Å²) in [5.74, 6) is -1.88. The first kappa shape index (κ1) is 28.1. The Hall–Kier alpha value is -4.41. The van der Waals surface area contributed by atoms with Crippen molar-refractivity contribution in [1.29, 1.82) is 0 Å². The van der Waals surface area contributed by atoms with E-state index in [1.807, 2.05) is 24.3 Å². The van der Waals surface area contributed by atoms with Gasteiger partial charge in [-0.05, 0) is 66.8 Å². The van der Waals surface area contributed by atoms with Gasteiger partial charge in [0.25, 0.3) is 5.91 Å². The molecule has 2 aliphatic rings. The average Bonchev–Trinajstić information content (AvgIpc) is 2.97. The fraction of sp³-hybridized carbons (Fsp3) is 0.300. The van der Waals surface area contributed by atoms with Gasteiger partial charge in [0.15, 0.2) is 0 Å². The number of amides is 4. The van der Waals surface area contributed by atoms with Crippen molar-refractivity contribution in [3.05, 3.63) is 101 Å². The Bertz CT molecular complexity index is 1440. The van der Waals surface area contributed by atoms with E-state index in [0.717, 1.165) is 54.3 Å². The first-order valence-electron chi connectivity index (χ1n) is 13.3. The standard InChI is InChI=1S/C30H28F4N4O3/c31-24-10-4-3-9-23(24)28(40)38-17-16-37(29(41)35-21-14-12-20(13-15-21)30(32,33)34)18-26(38)27(39)36-25-11-5-7-19-6-1-2-8-22(19)25/h1-4,6,8-10,12-15,25-26H,5,7,11,16-18H2,(H,35,41)(H,36,39). The number of rotatable bonds is 4. The van der Waals surface area contributed by atoms with Crippen LogP contribution in [0.1, 0.15) is 45.9 Å². The van der Waals surface area contributed by atoms with Crippen molar-refractivity contribution in [2.24, 2.45) is 0 Å². The summed E-state index contributed by atoms with van der Waals surface area (Å²) in [5.41, 5.74) is 1.23. The molecular weight excluding hydrogens is 540 g/mol. The summed E-state index contributed by atoms with van der Waals surface area (Å²) in [6.45, 7) is -0.206. The number of carbonyl (C=O) groups is 3. The molecule has 5 rings (SSSR count). The van der Waals surface area contributed by atoms with Crippen LogP contribution < -0.4 is 10.6 Å². The number of anilines is 1. The van der Waals surface area contributed by atoms with Crippen molar-refractivity contribution in [3.8, 4) is 0 Å². The topological polar surface area (TPSA) is 81.8 Å². The van der Waals surface area contributed by atoms with Gasteiger partial charge < -0.3 is 20.4 Å². The van der Waals surface area contributed by atoms with E-state index >= 15 is 0 Å². The number of halogens is 4. The molecule has 41 heavy (non-hydrogen) atoms. The SMILES string of the molecule is O=C(NC1CCCc2ccccc21)C1CN(C(=O)Nc2ccc(C(F)(F)F)cc2)CCN1C(=O)c1ccccc1F. The first-order chi connectivity index (χ1) is 19.6. The minimum Gasteiger partial charge on any atom is -0.347 e. The van der Waals surface area contributed by atoms with E-state index in [1.165, 1.54) is 28.0 Å². The van der Waals surface area contributed by atoms with Crippen LogP contribution in [0.25, 0.3) is 0 Å². The Kier molecular flexibility index (Phi) is 7.96. The molecule has 3 aromatic carbocycles. The van der Waals surface area contributed by atoms with E-state index in [-0.39, 0.29) is 36.9 Å². The maximum absolute atomic E-state index is 14.5. The Morgan fingerprint density at radius 1 is 0.878 bits per heavy atom. The lowest BCUT2D eigenvalue weighted by Gasteiger charge is -2.41. The molecule has 2 N–H and O–H groups in total. The third-order valence-electron chi connectivity index (χ3n) is 7.48. The molecule has 2 unspecified atom stereocenters. The average molecular weight is 569 g/mol. The summed E-state index contributed by atoms with van der Waals surface area (Å²) in [6.07, 6.45) is -2.05. The molecule has 1 aliphatic heterocycles. The minimum absolute atomic E-state index is 0.0305. The molecule has 3 aromatic rings. The second kappa shape index (κ2) is 11.6. The zero-order chi connectivity index (χ0) is 29.1. The highest BCUT2D eigenvalue weighted by Crippen LogP contribution is 2.31. The number of hydrogen-bond acceptors (Lipinski definition) is 3. The summed E-state index contributed by atoms with van der Waals surface area (Å²) in [7, 11) is 0. The Balaban J connectivity index is 1.36. The van der Waals surface area contributed by atoms with Gasteiger partial charge in [-0.1, -0.05) is 36.4 Å². The lowest BCUT2D eigenvalue weighted by molar-refractivity contribution is -0.137. The summed E-state index contributed by atoms with van der Waals surface area (Å²) in [6, 6.07) is 15.2. The maximum Gasteiger partial charge on any atom is 0.416 e. The van der Waals surface area contributed by atoms with Crippen molar-refractivity contribution >= 4 is 23.5 Å². The lowest BCUT2D eigenvalue weighted by atomic mass is 9.87. The molecule has 214 valence electrons. The first-order valence-corrected chi connectivity index (χ1v) is 13.3. The van der Waals surface area contributed by atoms with Gasteiger partial charge in [-0.2, -0.15) is 13.2 Å². The number of fused-ring (bicyclic) bond motifs is 1. The number of alkyl halides is 3. The zero-order valence-corrected chi connectivity index (χ0v) is 22.0. The summed E-state index contributed by atoms with van der Waals surface area (Å²) >= 11 is 0. The fourth-order valence-corrected chi connectivity index (χ4v) is 5.34. The highest BCUT2D eigenvalue weighted by Gasteiger charge is 2.39. The molecule has 7 nitrogen and oxygen atoms in total. The molecule has 0 aromatic heterocycles. The highest BCUT2D eigenvalue weighted by molar-refractivity contribution is 5.99. The van der Waals surface area contributed by atoms with Crippen LogP contribution in [0.15, 0.2) is 72.8 Å². The molecule has 1 aliphatic carbocycles. The maximum atomic E-state index is 14.5. The molecule has 0 bridgehead atoms. The molecule has 11 heteroatoms. The third-order valence-corrected chi connectivity index (χ3v) is 7.48. The summed E-state index contributed by atoms with van der Waals surface area (Å²) < 4.78 is 53.2. The van der Waals surface area contributed by atoms with Crippen molar-refractivity contribution in [2.75, 3.05) is 25.0 Å². The van der Waals surface area contributed by atoms with Gasteiger partial charge in [-0.3, -0.25) is 9.59 Å². The van der Waals surface area contributed by atoms with Gasteiger partial charge in [-0.25, -0.2) is 9.18 Å². The lowest BCUT2D eigenvalue weighted by Crippen LogP contribution is -2.62. The molecule has 4 amide bonds. The van der Waals surface area contributed by atoms with E-state index in [0.29, 0.717) is 6.42 Å². The van der Waals surface area contributed by atoms with Crippen LogP contribution in [0, 0.1) is 5.82 Å². The number of aryl methyl sites for hydroxylation is 1. The summed E-state index contributed by atoms with van der Waals surface area (Å²) in [5, 5.41) is 5.59. The van der Waals surface area contributed by atoms with Crippen LogP contribution in [-0.4, -0.2) is 53.3 Å². The second-order valence-electron chi connectivity index (χ2n) is 10.1. The van der Waals surface area contributed by atoms with Crippen molar-refractivity contribution < 1.29 is 31.9 Å². The monoisotopic (exact) mass is 568 g/mol. The van der Waals surface area contributed by atoms with Gasteiger partial charge in [0, 0.05) is 18.8 Å². The molecule has 0 radical (unpaired) electrons. The predicted molar refractivity (Wildman–Crippen MR) is 144 cm³/mol. The number of carbonyl (C=O) groups excluding carboxylic acids is 3. The Morgan fingerprint density at radius 2 is 1.59 bits per heavy atom. The third kappa shape index (κ3) is 6.18. The van der Waals surface area contributed by atoms with E-state index in [1.54, 1.807) is 0 Å². The number of piperazine rings is 1. The molecule has 0 saturated carbocycles. The van der Waals surface area contributed by atoms with E-state index in [4.69, 9.17) is 0 Å². The van der Waals surface area contributed by atoms with Crippen LogP contribution in [-0.2, 0) is 17.4 Å². The zero-order valence-electron chi connectivity index (χ0n) is 22.0. The van der Waals surface area contributed by atoms with Crippen LogP contribution in [0.4, 0.5) is 28.0 Å². The minimum atomic E-state index is -4.51. The largest absolute Gasteiger partial charge is 0.416 e. The van der Waals surface area contributed by atoms with Crippen LogP contribution in [0.2, 0.25) is 0 Å². The normalized spacial score (nSPS) is 18.8. The van der Waals surface area contributed by atoms with Gasteiger partial charge in [0.1, 0.15) is 11.9 Å². The predicted octanol–water partition coefficient (Wildman–Crippen LogP) is 5.40. The van der Waals surface area contributed by atoms with Crippen molar-refractivity contribution in [2.45, 2.75) is 37.5 Å². The second-order valence-corrected chi connectivity index (χ2v) is 10.1. The Morgan fingerprint density at radius 3 is 2.32 bits per heavy atom. The number of benzene rings is 3. The van der Waals surface area contributed by atoms with Crippen molar-refractivity contribution in [1.82, 2.24) is 15.1 Å². The van der Waals surface area contributed by atoms with Gasteiger partial charge >= 0.3 is 12.2 Å². The number of nitrogens with zero attached hydrogens (tertiary/aromatic N) is 2. The van der Waals surface area contributed by atoms with E-state index in [9.17, 15) is 31.9 Å². The highest BCUT2D eigenvalue weighted by atomic mass is 19.4. The summed E-state index contributed by atoms with van der Waals surface area (Å²) in [4.78, 5) is 42.8. The van der Waals surface area contributed by atoms with E-state index in [2.05, 4.69) is 10.6 Å². The molecule has 1 saturated heterocycles. The van der Waals surface area contributed by atoms with Crippen LogP contribution in [0.3, 0.4) is 0 Å². The van der Waals surface area contributed by atoms with Gasteiger partial charge in [0.2, 0.25) is 5.91 Å². The number of urea groups is 1. The van der Waals surface area contributed by atoms with Gasteiger partial charge in [-0.15, -0.1) is 0 Å². The van der Waals surface area contributed by atoms with E-state index < -0.39 is 41.4 Å². The fourth-order valence-electron chi connectivity index (χ4n) is 5.34. The van der Waals surface area contributed by atoms with Gasteiger partial charge in [0.05, 0.1) is 23.7 Å². The van der Waals surface area contributed by atoms with Crippen LogP contribution >= 0.6 is 0 Å². The smallest absolute Gasteiger partial charge is 0.347 e. The quantitative estimate of drug-likeness (QED) is 0.414. The molecule has 1 heterocycles. The molecule has 2 atom stereocenters. The number of nitrogens with one attached hydrogen (secondary N) is 2. The number of hydrogen-bond donors (Lipinski definition) is 2. The molecule has 0 spiro atoms. The molecular formula is C30H28F4N4O3. The van der Waals surface area contributed by atoms with Crippen molar-refractivity contribution in [3.63, 3.8) is 0 Å².